The normalized spacial score (nSPS) is 20.1. The molecule has 2 aromatic rings. The summed E-state index contributed by atoms with van der Waals surface area (Å²) in [6, 6.07) is 10.7. The number of nitrogens with zero attached hydrogens (tertiary/aromatic N) is 1. The van der Waals surface area contributed by atoms with Crippen molar-refractivity contribution < 1.29 is 4.74 Å². The Labute approximate surface area is 184 Å². The van der Waals surface area contributed by atoms with Gasteiger partial charge in [0.15, 0.2) is 0 Å². The second kappa shape index (κ2) is 12.1. The molecule has 1 unspecified atom stereocenters. The lowest BCUT2D eigenvalue weighted by Crippen LogP contribution is -2.19. The maximum Gasteiger partial charge on any atom is 0.127 e. The van der Waals surface area contributed by atoms with E-state index in [0.717, 1.165) is 30.6 Å². The van der Waals surface area contributed by atoms with Crippen molar-refractivity contribution in [2.45, 2.75) is 90.9 Å². The van der Waals surface area contributed by atoms with E-state index in [1.807, 2.05) is 6.20 Å². The summed E-state index contributed by atoms with van der Waals surface area (Å²) >= 11 is 0. The Hall–Kier alpha value is -1.83. The highest BCUT2D eigenvalue weighted by molar-refractivity contribution is 5.73. The first-order chi connectivity index (χ1) is 14.7. The molecule has 2 nitrogen and oxygen atoms in total. The van der Waals surface area contributed by atoms with Crippen molar-refractivity contribution >= 4 is 0 Å². The fourth-order valence-electron chi connectivity index (χ4n) is 5.13. The summed E-state index contributed by atoms with van der Waals surface area (Å²) in [5.41, 5.74) is 3.89. The van der Waals surface area contributed by atoms with E-state index in [0.29, 0.717) is 5.92 Å². The maximum atomic E-state index is 6.07. The largest absolute Gasteiger partial charge is 0.493 e. The molecule has 3 rings (SSSR count). The van der Waals surface area contributed by atoms with Gasteiger partial charge in [0.05, 0.1) is 6.61 Å². The number of ether oxygens (including phenoxy) is 1. The smallest absolute Gasteiger partial charge is 0.127 e. The van der Waals surface area contributed by atoms with E-state index >= 15 is 0 Å². The predicted molar refractivity (Wildman–Crippen MR) is 128 cm³/mol. The van der Waals surface area contributed by atoms with Gasteiger partial charge in [-0.3, -0.25) is 4.98 Å². The summed E-state index contributed by atoms with van der Waals surface area (Å²) in [5.74, 6) is 3.26. The number of pyridine rings is 1. The molecule has 1 atom stereocenters. The van der Waals surface area contributed by atoms with Crippen LogP contribution in [0.4, 0.5) is 0 Å². The first-order valence-corrected chi connectivity index (χ1v) is 12.4. The molecule has 30 heavy (non-hydrogen) atoms. The molecule has 1 fully saturated rings. The zero-order valence-electron chi connectivity index (χ0n) is 19.4. The minimum absolute atomic E-state index is 0.536. The summed E-state index contributed by atoms with van der Waals surface area (Å²) in [7, 11) is 0. The Bertz CT molecular complexity index is 748. The number of hydrogen-bond acceptors (Lipinski definition) is 2. The number of hydrogen-bond donors (Lipinski definition) is 0. The van der Waals surface area contributed by atoms with Crippen LogP contribution >= 0.6 is 0 Å². The van der Waals surface area contributed by atoms with Crippen molar-refractivity contribution in [3.8, 4) is 16.9 Å². The van der Waals surface area contributed by atoms with Gasteiger partial charge in [-0.25, -0.2) is 0 Å². The highest BCUT2D eigenvalue weighted by Gasteiger charge is 2.27. The molecule has 0 radical (unpaired) electrons. The highest BCUT2D eigenvalue weighted by Crippen LogP contribution is 2.43. The van der Waals surface area contributed by atoms with Crippen LogP contribution in [0.1, 0.15) is 96.5 Å². The lowest BCUT2D eigenvalue weighted by atomic mass is 9.72. The van der Waals surface area contributed by atoms with Crippen LogP contribution in [0, 0.1) is 11.8 Å². The third-order valence-corrected chi connectivity index (χ3v) is 7.05. The Kier molecular flexibility index (Phi) is 9.24. The minimum Gasteiger partial charge on any atom is -0.493 e. The van der Waals surface area contributed by atoms with E-state index < -0.39 is 0 Å². The first kappa shape index (κ1) is 22.8. The topological polar surface area (TPSA) is 22.1 Å². The van der Waals surface area contributed by atoms with Crippen molar-refractivity contribution in [1.29, 1.82) is 0 Å². The van der Waals surface area contributed by atoms with Gasteiger partial charge in [0, 0.05) is 18.0 Å². The second-order valence-corrected chi connectivity index (χ2v) is 9.23. The molecule has 1 heterocycles. The zero-order valence-corrected chi connectivity index (χ0v) is 19.4. The van der Waals surface area contributed by atoms with Gasteiger partial charge in [0.25, 0.3) is 0 Å². The van der Waals surface area contributed by atoms with Gasteiger partial charge in [0.2, 0.25) is 0 Å². The molecule has 0 bridgehead atoms. The van der Waals surface area contributed by atoms with Gasteiger partial charge in [-0.05, 0) is 60.3 Å². The number of benzene rings is 1. The van der Waals surface area contributed by atoms with Crippen LogP contribution in [-0.2, 0) is 0 Å². The van der Waals surface area contributed by atoms with Crippen molar-refractivity contribution in [3.63, 3.8) is 0 Å². The lowest BCUT2D eigenvalue weighted by Gasteiger charge is -2.33. The molecule has 2 heteroatoms. The van der Waals surface area contributed by atoms with E-state index in [1.165, 1.54) is 74.5 Å². The quantitative estimate of drug-likeness (QED) is 0.349. The Morgan fingerprint density at radius 1 is 0.933 bits per heavy atom. The van der Waals surface area contributed by atoms with Crippen LogP contribution in [0.2, 0.25) is 0 Å². The van der Waals surface area contributed by atoms with Crippen LogP contribution in [0.25, 0.3) is 11.1 Å². The molecular weight excluding hydrogens is 366 g/mol. The SMILES string of the molecule is CCCCCCC1CCC(C(C)c2cnccc2-c2ccccc2OCCC)CC1. The summed E-state index contributed by atoms with van der Waals surface area (Å²) in [5, 5.41) is 0. The molecule has 1 aliphatic rings. The Morgan fingerprint density at radius 3 is 2.50 bits per heavy atom. The van der Waals surface area contributed by atoms with Crippen molar-refractivity contribution in [2.75, 3.05) is 6.61 Å². The molecule has 1 saturated carbocycles. The summed E-state index contributed by atoms with van der Waals surface area (Å²) in [6.45, 7) is 7.63. The van der Waals surface area contributed by atoms with Crippen LogP contribution in [0.5, 0.6) is 5.75 Å². The lowest BCUT2D eigenvalue weighted by molar-refractivity contribution is 0.236. The second-order valence-electron chi connectivity index (χ2n) is 9.23. The van der Waals surface area contributed by atoms with Crippen molar-refractivity contribution in [3.05, 3.63) is 48.3 Å². The molecule has 164 valence electrons. The molecule has 1 aromatic carbocycles. The third-order valence-electron chi connectivity index (χ3n) is 7.05. The zero-order chi connectivity index (χ0) is 21.2. The van der Waals surface area contributed by atoms with E-state index in [4.69, 9.17) is 4.74 Å². The van der Waals surface area contributed by atoms with Crippen molar-refractivity contribution in [2.24, 2.45) is 11.8 Å². The van der Waals surface area contributed by atoms with Crippen LogP contribution in [-0.4, -0.2) is 11.6 Å². The van der Waals surface area contributed by atoms with E-state index in [1.54, 1.807) is 0 Å². The average molecular weight is 408 g/mol. The fourth-order valence-corrected chi connectivity index (χ4v) is 5.13. The number of rotatable bonds is 11. The molecule has 0 N–H and O–H groups in total. The van der Waals surface area contributed by atoms with Gasteiger partial charge in [-0.15, -0.1) is 0 Å². The molecule has 0 saturated heterocycles. The maximum absolute atomic E-state index is 6.07. The van der Waals surface area contributed by atoms with E-state index in [9.17, 15) is 0 Å². The number of aromatic nitrogens is 1. The molecular formula is C28H41NO. The fraction of sp³-hybridized carbons (Fsp3) is 0.607. The van der Waals surface area contributed by atoms with E-state index in [-0.39, 0.29) is 0 Å². The van der Waals surface area contributed by atoms with E-state index in [2.05, 4.69) is 62.3 Å². The Morgan fingerprint density at radius 2 is 1.73 bits per heavy atom. The molecule has 0 amide bonds. The average Bonchev–Trinajstić information content (AvgIpc) is 2.80. The van der Waals surface area contributed by atoms with Gasteiger partial charge < -0.3 is 4.74 Å². The standard InChI is InChI=1S/C28H41NO/c1-4-6-7-8-11-23-14-16-24(17-15-23)22(3)27-21-29-19-18-25(27)26-12-9-10-13-28(26)30-20-5-2/h9-10,12-13,18-19,21-24H,4-8,11,14-17,20H2,1-3H3. The highest BCUT2D eigenvalue weighted by atomic mass is 16.5. The van der Waals surface area contributed by atoms with Gasteiger partial charge in [-0.2, -0.15) is 0 Å². The molecule has 0 spiro atoms. The third kappa shape index (κ3) is 6.09. The van der Waals surface area contributed by atoms with Crippen LogP contribution in [0.15, 0.2) is 42.7 Å². The monoisotopic (exact) mass is 407 g/mol. The van der Waals surface area contributed by atoms with Crippen molar-refractivity contribution in [1.82, 2.24) is 4.98 Å². The number of unbranched alkanes of at least 4 members (excludes halogenated alkanes) is 3. The summed E-state index contributed by atoms with van der Waals surface area (Å²) < 4.78 is 6.07. The first-order valence-electron chi connectivity index (χ1n) is 12.4. The number of para-hydroxylation sites is 1. The molecule has 1 aromatic heterocycles. The van der Waals surface area contributed by atoms with Crippen LogP contribution < -0.4 is 4.74 Å². The van der Waals surface area contributed by atoms with Crippen LogP contribution in [0.3, 0.4) is 0 Å². The molecule has 0 aliphatic heterocycles. The summed E-state index contributed by atoms with van der Waals surface area (Å²) in [4.78, 5) is 4.51. The Balaban J connectivity index is 1.68. The van der Waals surface area contributed by atoms with Gasteiger partial charge in [0.1, 0.15) is 5.75 Å². The van der Waals surface area contributed by atoms with Gasteiger partial charge >= 0.3 is 0 Å². The molecule has 1 aliphatic carbocycles. The summed E-state index contributed by atoms with van der Waals surface area (Å²) in [6.07, 6.45) is 17.6. The predicted octanol–water partition coefficient (Wildman–Crippen LogP) is 8.42. The minimum atomic E-state index is 0.536. The van der Waals surface area contributed by atoms with Gasteiger partial charge in [-0.1, -0.05) is 83.9 Å².